The van der Waals surface area contributed by atoms with Crippen LogP contribution in [-0.2, 0) is 6.54 Å². The summed E-state index contributed by atoms with van der Waals surface area (Å²) in [6, 6.07) is 3.57. The molecule has 0 bridgehead atoms. The van der Waals surface area contributed by atoms with Gasteiger partial charge in [0.2, 0.25) is 11.8 Å². The van der Waals surface area contributed by atoms with Crippen LogP contribution in [0.5, 0.6) is 0 Å². The van der Waals surface area contributed by atoms with E-state index in [1.807, 2.05) is 0 Å². The highest BCUT2D eigenvalue weighted by Gasteiger charge is 2.25. The maximum atomic E-state index is 11.2. The van der Waals surface area contributed by atoms with E-state index in [1.54, 1.807) is 44.3 Å². The zero-order valence-electron chi connectivity index (χ0n) is 11.5. The van der Waals surface area contributed by atoms with Crippen molar-refractivity contribution in [3.8, 4) is 0 Å². The molecular formula is C12H15N5O3. The molecule has 0 saturated carbocycles. The summed E-state index contributed by atoms with van der Waals surface area (Å²) in [5.41, 5.74) is 0.216. The van der Waals surface area contributed by atoms with E-state index in [0.29, 0.717) is 23.9 Å². The van der Waals surface area contributed by atoms with Crippen LogP contribution in [0.25, 0.3) is 0 Å². The van der Waals surface area contributed by atoms with Gasteiger partial charge < -0.3 is 14.6 Å². The Kier molecular flexibility index (Phi) is 3.83. The number of hydrogen-bond donors (Lipinski definition) is 1. The second-order valence-corrected chi connectivity index (χ2v) is 4.25. The van der Waals surface area contributed by atoms with Crippen LogP contribution in [0.2, 0.25) is 0 Å². The molecule has 0 aromatic carbocycles. The van der Waals surface area contributed by atoms with Gasteiger partial charge in [0.25, 0.3) is 0 Å². The molecule has 2 rings (SSSR count). The monoisotopic (exact) mass is 277 g/mol. The molecule has 0 fully saturated rings. The summed E-state index contributed by atoms with van der Waals surface area (Å²) in [5.74, 6) is 1.29. The van der Waals surface area contributed by atoms with Crippen molar-refractivity contribution in [2.45, 2.75) is 13.5 Å². The number of aryl methyl sites for hydroxylation is 1. The molecule has 2 aromatic heterocycles. The fourth-order valence-electron chi connectivity index (χ4n) is 1.85. The van der Waals surface area contributed by atoms with Crippen LogP contribution < -0.4 is 10.2 Å². The predicted molar refractivity (Wildman–Crippen MR) is 73.8 cm³/mol. The van der Waals surface area contributed by atoms with Crippen LogP contribution >= 0.6 is 0 Å². The predicted octanol–water partition coefficient (Wildman–Crippen LogP) is 1.96. The third-order valence-corrected chi connectivity index (χ3v) is 2.78. The summed E-state index contributed by atoms with van der Waals surface area (Å²) in [6.45, 7) is 1.97. The topological polar surface area (TPSA) is 97.3 Å². The van der Waals surface area contributed by atoms with Gasteiger partial charge in [-0.3, -0.25) is 10.1 Å². The van der Waals surface area contributed by atoms with E-state index in [2.05, 4.69) is 15.3 Å². The van der Waals surface area contributed by atoms with Crippen molar-refractivity contribution in [2.24, 2.45) is 0 Å². The van der Waals surface area contributed by atoms with E-state index in [4.69, 9.17) is 4.42 Å². The number of furan rings is 1. The molecule has 8 nitrogen and oxygen atoms in total. The molecule has 106 valence electrons. The van der Waals surface area contributed by atoms with Crippen molar-refractivity contribution >= 4 is 17.5 Å². The van der Waals surface area contributed by atoms with E-state index >= 15 is 0 Å². The van der Waals surface area contributed by atoms with Gasteiger partial charge in [-0.2, -0.15) is 4.98 Å². The second-order valence-electron chi connectivity index (χ2n) is 4.25. The first kappa shape index (κ1) is 13.8. The summed E-state index contributed by atoms with van der Waals surface area (Å²) in [6.07, 6.45) is 1.56. The molecule has 2 aromatic rings. The fourth-order valence-corrected chi connectivity index (χ4v) is 1.85. The molecule has 2 heterocycles. The van der Waals surface area contributed by atoms with Crippen molar-refractivity contribution in [3.63, 3.8) is 0 Å². The molecule has 0 atom stereocenters. The lowest BCUT2D eigenvalue weighted by Crippen LogP contribution is -2.20. The average Bonchev–Trinajstić information content (AvgIpc) is 2.89. The summed E-state index contributed by atoms with van der Waals surface area (Å²) in [5, 5.41) is 14.0. The Labute approximate surface area is 115 Å². The minimum atomic E-state index is -0.470. The van der Waals surface area contributed by atoms with Crippen molar-refractivity contribution in [2.75, 3.05) is 24.3 Å². The van der Waals surface area contributed by atoms with Gasteiger partial charge in [-0.1, -0.05) is 0 Å². The highest BCUT2D eigenvalue weighted by Crippen LogP contribution is 2.29. The molecule has 0 unspecified atom stereocenters. The van der Waals surface area contributed by atoms with E-state index in [9.17, 15) is 10.1 Å². The standard InChI is InChI=1S/C12H15N5O3/c1-8-10(17(18)19)11(15-12(13-2)14-8)16(3)7-9-5-4-6-20-9/h4-6H,7H2,1-3H3,(H,13,14,15). The van der Waals surface area contributed by atoms with Crippen LogP contribution in [0.4, 0.5) is 17.5 Å². The van der Waals surface area contributed by atoms with Gasteiger partial charge in [-0.25, -0.2) is 4.98 Å². The molecule has 0 aliphatic rings. The number of rotatable bonds is 5. The van der Waals surface area contributed by atoms with Crippen molar-refractivity contribution in [1.29, 1.82) is 0 Å². The fraction of sp³-hybridized carbons (Fsp3) is 0.333. The Hall–Kier alpha value is -2.64. The lowest BCUT2D eigenvalue weighted by atomic mass is 10.3. The molecule has 1 N–H and O–H groups in total. The molecule has 0 amide bonds. The number of hydrogen-bond acceptors (Lipinski definition) is 7. The number of aromatic nitrogens is 2. The highest BCUT2D eigenvalue weighted by atomic mass is 16.6. The highest BCUT2D eigenvalue weighted by molar-refractivity contribution is 5.62. The maximum absolute atomic E-state index is 11.2. The SMILES string of the molecule is CNc1nc(C)c([N+](=O)[O-])c(N(C)Cc2ccco2)n1. The lowest BCUT2D eigenvalue weighted by Gasteiger charge is -2.17. The second kappa shape index (κ2) is 5.55. The summed E-state index contributed by atoms with van der Waals surface area (Å²) in [7, 11) is 3.38. The summed E-state index contributed by atoms with van der Waals surface area (Å²) in [4.78, 5) is 20.6. The van der Waals surface area contributed by atoms with E-state index in [1.165, 1.54) is 0 Å². The third kappa shape index (κ3) is 2.68. The third-order valence-electron chi connectivity index (χ3n) is 2.78. The Bertz CT molecular complexity index is 612. The smallest absolute Gasteiger partial charge is 0.332 e. The zero-order valence-corrected chi connectivity index (χ0v) is 11.5. The maximum Gasteiger partial charge on any atom is 0.332 e. The number of nitrogens with one attached hydrogen (secondary N) is 1. The first-order valence-electron chi connectivity index (χ1n) is 5.97. The van der Waals surface area contributed by atoms with Gasteiger partial charge in [-0.05, 0) is 19.1 Å². The Balaban J connectivity index is 2.42. The van der Waals surface area contributed by atoms with E-state index < -0.39 is 4.92 Å². The molecule has 0 aliphatic carbocycles. The minimum Gasteiger partial charge on any atom is -0.467 e. The molecule has 0 radical (unpaired) electrons. The minimum absolute atomic E-state index is 0.0990. The van der Waals surface area contributed by atoms with Gasteiger partial charge in [-0.15, -0.1) is 0 Å². The van der Waals surface area contributed by atoms with Crippen LogP contribution in [0.1, 0.15) is 11.5 Å². The molecule has 0 saturated heterocycles. The number of nitrogens with zero attached hydrogens (tertiary/aromatic N) is 4. The van der Waals surface area contributed by atoms with Gasteiger partial charge in [0, 0.05) is 14.1 Å². The van der Waals surface area contributed by atoms with Gasteiger partial charge in [0.05, 0.1) is 17.7 Å². The summed E-state index contributed by atoms with van der Waals surface area (Å²) >= 11 is 0. The van der Waals surface area contributed by atoms with Gasteiger partial charge in [0.1, 0.15) is 11.5 Å². The Morgan fingerprint density at radius 3 is 2.80 bits per heavy atom. The first-order chi connectivity index (χ1) is 9.52. The molecule has 20 heavy (non-hydrogen) atoms. The molecule has 8 heteroatoms. The molecular weight excluding hydrogens is 262 g/mol. The Morgan fingerprint density at radius 1 is 1.50 bits per heavy atom. The van der Waals surface area contributed by atoms with Crippen LogP contribution in [0.3, 0.4) is 0 Å². The van der Waals surface area contributed by atoms with Gasteiger partial charge >= 0.3 is 5.69 Å². The van der Waals surface area contributed by atoms with Crippen molar-refractivity contribution < 1.29 is 9.34 Å². The largest absolute Gasteiger partial charge is 0.467 e. The quantitative estimate of drug-likeness (QED) is 0.659. The molecule has 0 spiro atoms. The number of anilines is 2. The van der Waals surface area contributed by atoms with Crippen molar-refractivity contribution in [1.82, 2.24) is 9.97 Å². The average molecular weight is 277 g/mol. The number of nitro groups is 1. The van der Waals surface area contributed by atoms with E-state index in [0.717, 1.165) is 0 Å². The zero-order chi connectivity index (χ0) is 14.7. The molecule has 0 aliphatic heterocycles. The van der Waals surface area contributed by atoms with Gasteiger partial charge in [0.15, 0.2) is 0 Å². The van der Waals surface area contributed by atoms with E-state index in [-0.39, 0.29) is 11.5 Å². The lowest BCUT2D eigenvalue weighted by molar-refractivity contribution is -0.385. The Morgan fingerprint density at radius 2 is 2.25 bits per heavy atom. The summed E-state index contributed by atoms with van der Waals surface area (Å²) < 4.78 is 5.24. The van der Waals surface area contributed by atoms with Crippen LogP contribution in [-0.4, -0.2) is 29.0 Å². The van der Waals surface area contributed by atoms with Crippen LogP contribution in [0, 0.1) is 17.0 Å². The van der Waals surface area contributed by atoms with Crippen molar-refractivity contribution in [3.05, 3.63) is 40.0 Å². The normalized spacial score (nSPS) is 10.3. The van der Waals surface area contributed by atoms with Crippen LogP contribution in [0.15, 0.2) is 22.8 Å². The first-order valence-corrected chi connectivity index (χ1v) is 5.97.